The van der Waals surface area contributed by atoms with Crippen LogP contribution in [-0.4, -0.2) is 61.5 Å². The molecule has 0 aromatic heterocycles. The molecule has 4 nitrogen and oxygen atoms in total. The average Bonchev–Trinajstić information content (AvgIpc) is 2.63. The molecule has 0 bridgehead atoms. The van der Waals surface area contributed by atoms with Crippen molar-refractivity contribution in [1.82, 2.24) is 10.2 Å². The van der Waals surface area contributed by atoms with Gasteiger partial charge in [0.2, 0.25) is 0 Å². The Bertz CT molecular complexity index is 178. The number of hydrogen-bond acceptors (Lipinski definition) is 4. The van der Waals surface area contributed by atoms with E-state index in [9.17, 15) is 5.11 Å². The Morgan fingerprint density at radius 3 is 2.80 bits per heavy atom. The van der Waals surface area contributed by atoms with Gasteiger partial charge in [-0.3, -0.25) is 0 Å². The molecule has 0 saturated carbocycles. The highest BCUT2D eigenvalue weighted by Crippen LogP contribution is 2.04. The van der Waals surface area contributed by atoms with Gasteiger partial charge in [0.25, 0.3) is 0 Å². The maximum Gasteiger partial charge on any atom is 0.0948 e. The van der Waals surface area contributed by atoms with Gasteiger partial charge in [0.05, 0.1) is 25.4 Å². The van der Waals surface area contributed by atoms with Crippen LogP contribution in [0.4, 0.5) is 0 Å². The summed E-state index contributed by atoms with van der Waals surface area (Å²) in [6.07, 6.45) is 0.838. The minimum atomic E-state index is -0.334. The molecule has 2 N–H and O–H groups in total. The lowest BCUT2D eigenvalue weighted by atomic mass is 10.2. The molecule has 0 amide bonds. The number of hydrogen-bond donors (Lipinski definition) is 2. The molecule has 0 aromatic rings. The monoisotopic (exact) mass is 216 g/mol. The third kappa shape index (κ3) is 4.07. The standard InChI is InChI=1S/C11H24N2O2/c1-4-9(2)13(3)6-5-12-10-7-15-8-11(10)14/h9-12,14H,4-8H2,1-3H3. The highest BCUT2D eigenvalue weighted by molar-refractivity contribution is 4.80. The fraction of sp³-hybridized carbons (Fsp3) is 1.00. The number of aliphatic hydroxyl groups excluding tert-OH is 1. The first-order chi connectivity index (χ1) is 7.15. The number of ether oxygens (including phenoxy) is 1. The molecule has 4 heteroatoms. The third-order valence-electron chi connectivity index (χ3n) is 3.26. The zero-order valence-electron chi connectivity index (χ0n) is 10.1. The molecule has 1 aliphatic heterocycles. The molecule has 1 heterocycles. The van der Waals surface area contributed by atoms with Crippen molar-refractivity contribution in [2.75, 3.05) is 33.4 Å². The van der Waals surface area contributed by atoms with Crippen LogP contribution in [0.2, 0.25) is 0 Å². The van der Waals surface area contributed by atoms with E-state index in [1.807, 2.05) is 0 Å². The van der Waals surface area contributed by atoms with Gasteiger partial charge in [-0.25, -0.2) is 0 Å². The first-order valence-corrected chi connectivity index (χ1v) is 5.84. The maximum atomic E-state index is 9.51. The normalized spacial score (nSPS) is 28.6. The highest BCUT2D eigenvalue weighted by Gasteiger charge is 2.25. The van der Waals surface area contributed by atoms with Gasteiger partial charge in [-0.2, -0.15) is 0 Å². The molecule has 0 aromatic carbocycles. The second-order valence-corrected chi connectivity index (χ2v) is 4.40. The number of aliphatic hydroxyl groups is 1. The molecule has 0 aliphatic carbocycles. The van der Waals surface area contributed by atoms with Gasteiger partial charge >= 0.3 is 0 Å². The predicted octanol–water partition coefficient (Wildman–Crippen LogP) is 0.0660. The Morgan fingerprint density at radius 2 is 2.27 bits per heavy atom. The molecule has 0 radical (unpaired) electrons. The van der Waals surface area contributed by atoms with Gasteiger partial charge in [0, 0.05) is 19.1 Å². The molecular weight excluding hydrogens is 192 g/mol. The molecule has 1 saturated heterocycles. The van der Waals surface area contributed by atoms with Crippen LogP contribution >= 0.6 is 0 Å². The molecule has 15 heavy (non-hydrogen) atoms. The number of nitrogens with zero attached hydrogens (tertiary/aromatic N) is 1. The minimum Gasteiger partial charge on any atom is -0.389 e. The SMILES string of the molecule is CCC(C)N(C)CCNC1COCC1O. The van der Waals surface area contributed by atoms with Crippen LogP contribution in [-0.2, 0) is 4.74 Å². The Balaban J connectivity index is 2.10. The van der Waals surface area contributed by atoms with Gasteiger partial charge in [0.15, 0.2) is 0 Å². The van der Waals surface area contributed by atoms with Crippen molar-refractivity contribution in [1.29, 1.82) is 0 Å². The summed E-state index contributed by atoms with van der Waals surface area (Å²) < 4.78 is 5.17. The van der Waals surface area contributed by atoms with Crippen molar-refractivity contribution in [2.24, 2.45) is 0 Å². The summed E-state index contributed by atoms with van der Waals surface area (Å²) in [7, 11) is 2.14. The van der Waals surface area contributed by atoms with Crippen LogP contribution in [0.3, 0.4) is 0 Å². The van der Waals surface area contributed by atoms with E-state index in [-0.39, 0.29) is 12.1 Å². The van der Waals surface area contributed by atoms with E-state index in [2.05, 4.69) is 31.1 Å². The van der Waals surface area contributed by atoms with Crippen LogP contribution in [0.5, 0.6) is 0 Å². The maximum absolute atomic E-state index is 9.51. The highest BCUT2D eigenvalue weighted by atomic mass is 16.5. The summed E-state index contributed by atoms with van der Waals surface area (Å²) in [5.41, 5.74) is 0. The minimum absolute atomic E-state index is 0.121. The zero-order chi connectivity index (χ0) is 11.3. The van der Waals surface area contributed by atoms with Gasteiger partial charge in [-0.05, 0) is 20.4 Å². The van der Waals surface area contributed by atoms with E-state index in [0.29, 0.717) is 19.3 Å². The molecule has 1 fully saturated rings. The van der Waals surface area contributed by atoms with Crippen molar-refractivity contribution in [3.05, 3.63) is 0 Å². The van der Waals surface area contributed by atoms with Crippen LogP contribution in [0.15, 0.2) is 0 Å². The van der Waals surface area contributed by atoms with Crippen LogP contribution in [0.25, 0.3) is 0 Å². The zero-order valence-corrected chi connectivity index (χ0v) is 10.1. The molecule has 1 rings (SSSR count). The van der Waals surface area contributed by atoms with E-state index in [1.165, 1.54) is 6.42 Å². The second kappa shape index (κ2) is 6.43. The van der Waals surface area contributed by atoms with E-state index in [0.717, 1.165) is 13.1 Å². The lowest BCUT2D eigenvalue weighted by Gasteiger charge is -2.24. The Kier molecular flexibility index (Phi) is 5.53. The summed E-state index contributed by atoms with van der Waals surface area (Å²) in [5, 5.41) is 12.8. The molecule has 90 valence electrons. The second-order valence-electron chi connectivity index (χ2n) is 4.40. The first kappa shape index (κ1) is 12.9. The van der Waals surface area contributed by atoms with Crippen molar-refractivity contribution in [3.63, 3.8) is 0 Å². The van der Waals surface area contributed by atoms with Gasteiger partial charge < -0.3 is 20.1 Å². The van der Waals surface area contributed by atoms with E-state index in [1.54, 1.807) is 0 Å². The fourth-order valence-electron chi connectivity index (χ4n) is 1.70. The topological polar surface area (TPSA) is 44.7 Å². The lowest BCUT2D eigenvalue weighted by Crippen LogP contribution is -2.43. The quantitative estimate of drug-likeness (QED) is 0.659. The summed E-state index contributed by atoms with van der Waals surface area (Å²) in [6.45, 7) is 7.45. The summed E-state index contributed by atoms with van der Waals surface area (Å²) >= 11 is 0. The third-order valence-corrected chi connectivity index (χ3v) is 3.26. The van der Waals surface area contributed by atoms with Gasteiger partial charge in [-0.1, -0.05) is 6.92 Å². The van der Waals surface area contributed by atoms with Crippen LogP contribution < -0.4 is 5.32 Å². The summed E-state index contributed by atoms with van der Waals surface area (Å²) in [5.74, 6) is 0. The number of nitrogens with one attached hydrogen (secondary N) is 1. The van der Waals surface area contributed by atoms with Gasteiger partial charge in [0.1, 0.15) is 0 Å². The smallest absolute Gasteiger partial charge is 0.0948 e. The Hall–Kier alpha value is -0.160. The largest absolute Gasteiger partial charge is 0.389 e. The summed E-state index contributed by atoms with van der Waals surface area (Å²) in [4.78, 5) is 2.33. The van der Waals surface area contributed by atoms with Crippen molar-refractivity contribution in [3.8, 4) is 0 Å². The lowest BCUT2D eigenvalue weighted by molar-refractivity contribution is 0.122. The van der Waals surface area contributed by atoms with Crippen molar-refractivity contribution >= 4 is 0 Å². The molecule has 0 spiro atoms. The molecule has 3 atom stereocenters. The fourth-order valence-corrected chi connectivity index (χ4v) is 1.70. The molecule has 3 unspecified atom stereocenters. The van der Waals surface area contributed by atoms with Crippen molar-refractivity contribution < 1.29 is 9.84 Å². The number of likely N-dealkylation sites (N-methyl/N-ethyl adjacent to an activating group) is 1. The Labute approximate surface area is 92.6 Å². The predicted molar refractivity (Wildman–Crippen MR) is 61.0 cm³/mol. The van der Waals surface area contributed by atoms with Gasteiger partial charge in [-0.15, -0.1) is 0 Å². The number of rotatable bonds is 6. The van der Waals surface area contributed by atoms with Crippen LogP contribution in [0.1, 0.15) is 20.3 Å². The van der Waals surface area contributed by atoms with E-state index in [4.69, 9.17) is 4.74 Å². The Morgan fingerprint density at radius 1 is 1.53 bits per heavy atom. The molecule has 1 aliphatic rings. The first-order valence-electron chi connectivity index (χ1n) is 5.84. The van der Waals surface area contributed by atoms with Crippen LogP contribution in [0, 0.1) is 0 Å². The van der Waals surface area contributed by atoms with Crippen molar-refractivity contribution in [2.45, 2.75) is 38.5 Å². The van der Waals surface area contributed by atoms with E-state index >= 15 is 0 Å². The van der Waals surface area contributed by atoms with E-state index < -0.39 is 0 Å². The molecular formula is C11H24N2O2. The average molecular weight is 216 g/mol. The summed E-state index contributed by atoms with van der Waals surface area (Å²) in [6, 6.07) is 0.742.